The predicted molar refractivity (Wildman–Crippen MR) is 110 cm³/mol. The minimum Gasteiger partial charge on any atom is -0.279 e. The van der Waals surface area contributed by atoms with Gasteiger partial charge in [-0.2, -0.15) is 0 Å². The highest BCUT2D eigenvalue weighted by Crippen LogP contribution is 2.36. The van der Waals surface area contributed by atoms with E-state index in [2.05, 4.69) is 45.3 Å². The van der Waals surface area contributed by atoms with Gasteiger partial charge in [0.05, 0.1) is 18.6 Å². The van der Waals surface area contributed by atoms with Crippen LogP contribution in [0.1, 0.15) is 29.4 Å². The number of aryl methyl sites for hydroxylation is 2. The van der Waals surface area contributed by atoms with Gasteiger partial charge in [-0.1, -0.05) is 30.2 Å². The average Bonchev–Trinajstić information content (AvgIpc) is 3.43. The van der Waals surface area contributed by atoms with Gasteiger partial charge >= 0.3 is 0 Å². The third-order valence-electron chi connectivity index (χ3n) is 5.58. The number of thiophene rings is 1. The SMILES string of the molecule is C#CCN(Cc1nnc2n(C)c(=O)c3sccc3n12)[C@@H]1CCc2ccccc21. The van der Waals surface area contributed by atoms with Gasteiger partial charge in [0.15, 0.2) is 5.82 Å². The summed E-state index contributed by atoms with van der Waals surface area (Å²) in [5.41, 5.74) is 3.56. The molecular formula is C21H19N5OS. The van der Waals surface area contributed by atoms with Gasteiger partial charge in [0.2, 0.25) is 5.78 Å². The van der Waals surface area contributed by atoms with Crippen molar-refractivity contribution in [1.82, 2.24) is 24.1 Å². The zero-order chi connectivity index (χ0) is 19.3. The summed E-state index contributed by atoms with van der Waals surface area (Å²) < 4.78 is 4.26. The monoisotopic (exact) mass is 389 g/mol. The molecule has 7 heteroatoms. The summed E-state index contributed by atoms with van der Waals surface area (Å²) in [5.74, 6) is 4.16. The van der Waals surface area contributed by atoms with E-state index in [4.69, 9.17) is 6.42 Å². The first kappa shape index (κ1) is 17.2. The van der Waals surface area contributed by atoms with E-state index < -0.39 is 0 Å². The van der Waals surface area contributed by atoms with Crippen LogP contribution in [0.15, 0.2) is 40.5 Å². The number of benzene rings is 1. The van der Waals surface area contributed by atoms with Gasteiger partial charge < -0.3 is 0 Å². The Balaban J connectivity index is 1.61. The second-order valence-electron chi connectivity index (χ2n) is 7.11. The van der Waals surface area contributed by atoms with Gasteiger partial charge in [0, 0.05) is 13.1 Å². The summed E-state index contributed by atoms with van der Waals surface area (Å²) in [6.45, 7) is 1.11. The number of aromatic nitrogens is 4. The summed E-state index contributed by atoms with van der Waals surface area (Å²) in [4.78, 5) is 14.8. The number of terminal acetylenes is 1. The Morgan fingerprint density at radius 2 is 2.18 bits per heavy atom. The lowest BCUT2D eigenvalue weighted by molar-refractivity contribution is 0.207. The van der Waals surface area contributed by atoms with Gasteiger partial charge in [0.1, 0.15) is 4.70 Å². The van der Waals surface area contributed by atoms with E-state index >= 15 is 0 Å². The molecule has 1 aliphatic carbocycles. The highest BCUT2D eigenvalue weighted by molar-refractivity contribution is 7.17. The lowest BCUT2D eigenvalue weighted by Gasteiger charge is -2.27. The van der Waals surface area contributed by atoms with Gasteiger partial charge in [-0.25, -0.2) is 0 Å². The first-order valence-electron chi connectivity index (χ1n) is 9.24. The summed E-state index contributed by atoms with van der Waals surface area (Å²) >= 11 is 1.44. The van der Waals surface area contributed by atoms with Crippen molar-refractivity contribution in [1.29, 1.82) is 0 Å². The molecule has 0 N–H and O–H groups in total. The molecule has 0 saturated heterocycles. The molecule has 140 valence electrons. The fourth-order valence-corrected chi connectivity index (χ4v) is 5.10. The van der Waals surface area contributed by atoms with Crippen molar-refractivity contribution < 1.29 is 0 Å². The molecule has 0 saturated carbocycles. The molecule has 6 nitrogen and oxygen atoms in total. The molecule has 0 aliphatic heterocycles. The van der Waals surface area contributed by atoms with Gasteiger partial charge in [0.25, 0.3) is 5.56 Å². The Kier molecular flexibility index (Phi) is 4.04. The fraction of sp³-hybridized carbons (Fsp3) is 0.286. The van der Waals surface area contributed by atoms with Crippen LogP contribution in [0.5, 0.6) is 0 Å². The van der Waals surface area contributed by atoms with Crippen LogP contribution in [0.2, 0.25) is 0 Å². The van der Waals surface area contributed by atoms with Crippen LogP contribution in [-0.4, -0.2) is 30.6 Å². The Morgan fingerprint density at radius 1 is 1.32 bits per heavy atom. The molecule has 1 aliphatic rings. The van der Waals surface area contributed by atoms with Crippen molar-refractivity contribution in [2.45, 2.75) is 25.4 Å². The molecule has 1 atom stereocenters. The number of hydrogen-bond acceptors (Lipinski definition) is 5. The maximum atomic E-state index is 12.5. The molecule has 0 unspecified atom stereocenters. The summed E-state index contributed by atoms with van der Waals surface area (Å²) in [5, 5.41) is 10.7. The van der Waals surface area contributed by atoms with E-state index in [1.54, 1.807) is 11.6 Å². The van der Waals surface area contributed by atoms with Crippen LogP contribution >= 0.6 is 11.3 Å². The number of nitrogens with zero attached hydrogens (tertiary/aromatic N) is 5. The van der Waals surface area contributed by atoms with Crippen molar-refractivity contribution in [2.75, 3.05) is 6.54 Å². The Bertz CT molecular complexity index is 1290. The van der Waals surface area contributed by atoms with Crippen molar-refractivity contribution in [3.63, 3.8) is 0 Å². The maximum absolute atomic E-state index is 12.5. The first-order valence-corrected chi connectivity index (χ1v) is 10.1. The molecule has 0 spiro atoms. The highest BCUT2D eigenvalue weighted by atomic mass is 32.1. The molecule has 5 rings (SSSR count). The third-order valence-corrected chi connectivity index (χ3v) is 6.47. The second kappa shape index (κ2) is 6.59. The average molecular weight is 389 g/mol. The Hall–Kier alpha value is -2.95. The highest BCUT2D eigenvalue weighted by Gasteiger charge is 2.28. The van der Waals surface area contributed by atoms with Gasteiger partial charge in [-0.15, -0.1) is 28.0 Å². The van der Waals surface area contributed by atoms with Crippen molar-refractivity contribution in [3.8, 4) is 12.3 Å². The van der Waals surface area contributed by atoms with Crippen LogP contribution in [0.3, 0.4) is 0 Å². The molecule has 4 aromatic rings. The Labute approximate surface area is 166 Å². The summed E-state index contributed by atoms with van der Waals surface area (Å²) in [6, 6.07) is 10.8. The predicted octanol–water partition coefficient (Wildman–Crippen LogP) is 2.77. The van der Waals surface area contributed by atoms with Gasteiger partial charge in [-0.3, -0.25) is 18.7 Å². The molecule has 0 bridgehead atoms. The summed E-state index contributed by atoms with van der Waals surface area (Å²) in [7, 11) is 1.74. The minimum atomic E-state index is -0.0401. The quantitative estimate of drug-likeness (QED) is 0.504. The van der Waals surface area contributed by atoms with Crippen LogP contribution in [0.25, 0.3) is 16.0 Å². The van der Waals surface area contributed by atoms with Crippen molar-refractivity contribution >= 4 is 27.3 Å². The molecule has 0 fully saturated rings. The van der Waals surface area contributed by atoms with E-state index in [0.29, 0.717) is 23.6 Å². The van der Waals surface area contributed by atoms with Crippen LogP contribution in [0.4, 0.5) is 0 Å². The molecule has 28 heavy (non-hydrogen) atoms. The van der Waals surface area contributed by atoms with E-state index in [0.717, 1.165) is 24.2 Å². The maximum Gasteiger partial charge on any atom is 0.272 e. The number of hydrogen-bond donors (Lipinski definition) is 0. The minimum absolute atomic E-state index is 0.0401. The molecule has 3 aromatic heterocycles. The standard InChI is InChI=1S/C21H19N5OS/c1-3-11-25(16-9-8-14-6-4-5-7-15(14)16)13-18-22-23-21-24(2)20(27)19-17(26(18)21)10-12-28-19/h1,4-7,10,12,16H,8-9,11,13H2,2H3/t16-/m1/s1. The lowest BCUT2D eigenvalue weighted by Crippen LogP contribution is -2.29. The van der Waals surface area contributed by atoms with Crippen molar-refractivity contribution in [3.05, 3.63) is 63.0 Å². The van der Waals surface area contributed by atoms with Gasteiger partial charge in [-0.05, 0) is 35.4 Å². The smallest absolute Gasteiger partial charge is 0.272 e. The van der Waals surface area contributed by atoms with E-state index in [1.807, 2.05) is 15.8 Å². The lowest BCUT2D eigenvalue weighted by atomic mass is 10.1. The van der Waals surface area contributed by atoms with Crippen LogP contribution in [0, 0.1) is 12.3 Å². The van der Waals surface area contributed by atoms with Crippen LogP contribution < -0.4 is 5.56 Å². The second-order valence-corrected chi connectivity index (χ2v) is 8.03. The number of fused-ring (bicyclic) bond motifs is 4. The molecular weight excluding hydrogens is 370 g/mol. The fourth-order valence-electron chi connectivity index (χ4n) is 4.24. The first-order chi connectivity index (χ1) is 13.7. The molecule has 0 amide bonds. The normalized spacial score (nSPS) is 16.1. The topological polar surface area (TPSA) is 55.4 Å². The Morgan fingerprint density at radius 3 is 3.04 bits per heavy atom. The molecule has 3 heterocycles. The molecule has 0 radical (unpaired) electrons. The van der Waals surface area contributed by atoms with Crippen molar-refractivity contribution in [2.24, 2.45) is 7.05 Å². The largest absolute Gasteiger partial charge is 0.279 e. The zero-order valence-corrected chi connectivity index (χ0v) is 16.3. The number of rotatable bonds is 4. The van der Waals surface area contributed by atoms with E-state index in [9.17, 15) is 4.79 Å². The molecule has 1 aromatic carbocycles. The summed E-state index contributed by atoms with van der Waals surface area (Å²) in [6.07, 6.45) is 7.81. The zero-order valence-electron chi connectivity index (χ0n) is 15.5. The third kappa shape index (κ3) is 2.49. The van der Waals surface area contributed by atoms with E-state index in [-0.39, 0.29) is 11.6 Å². The van der Waals surface area contributed by atoms with E-state index in [1.165, 1.54) is 22.5 Å². The van der Waals surface area contributed by atoms with Crippen LogP contribution in [-0.2, 0) is 20.0 Å².